The van der Waals surface area contributed by atoms with Crippen LogP contribution in [0.25, 0.3) is 0 Å². The Labute approximate surface area is 93.3 Å². The predicted molar refractivity (Wildman–Crippen MR) is 61.8 cm³/mol. The lowest BCUT2D eigenvalue weighted by atomic mass is 9.81. The third-order valence-electron chi connectivity index (χ3n) is 3.12. The Morgan fingerprint density at radius 2 is 1.53 bits per heavy atom. The van der Waals surface area contributed by atoms with Gasteiger partial charge >= 0.3 is 0 Å². The van der Waals surface area contributed by atoms with Gasteiger partial charge in [0.2, 0.25) is 0 Å². The highest BCUT2D eigenvalue weighted by atomic mass is 19.2. The summed E-state index contributed by atoms with van der Waals surface area (Å²) in [6, 6.07) is -0.0169. The quantitative estimate of drug-likeness (QED) is 0.573. The van der Waals surface area contributed by atoms with Crippen LogP contribution in [0.3, 0.4) is 0 Å². The molecule has 2 unspecified atom stereocenters. The third-order valence-corrected chi connectivity index (χ3v) is 3.12. The molecule has 0 aromatic carbocycles. The topological polar surface area (TPSA) is 6.48 Å². The van der Waals surface area contributed by atoms with Gasteiger partial charge in [0.25, 0.3) is 0 Å². The van der Waals surface area contributed by atoms with Gasteiger partial charge in [-0.15, -0.1) is 4.48 Å². The van der Waals surface area contributed by atoms with E-state index in [0.29, 0.717) is 5.92 Å². The first-order valence-electron chi connectivity index (χ1n) is 5.77. The number of hydrogen-bond donors (Lipinski definition) is 0. The Balaban J connectivity index is 2.89. The Morgan fingerprint density at radius 3 is 1.73 bits per heavy atom. The van der Waals surface area contributed by atoms with Crippen molar-refractivity contribution in [2.75, 3.05) is 6.54 Å². The molecule has 90 valence electrons. The minimum atomic E-state index is -0.136. The van der Waals surface area contributed by atoms with Crippen LogP contribution < -0.4 is 0 Å². The number of hydrazine groups is 1. The van der Waals surface area contributed by atoms with Crippen LogP contribution in [0.4, 0.5) is 4.48 Å². The Hall–Kier alpha value is -0.150. The van der Waals surface area contributed by atoms with Crippen LogP contribution in [-0.4, -0.2) is 28.4 Å². The molecule has 3 heteroatoms. The molecule has 0 aromatic heterocycles. The molecule has 0 aromatic rings. The van der Waals surface area contributed by atoms with Gasteiger partial charge in [0.1, 0.15) is 0 Å². The van der Waals surface area contributed by atoms with E-state index in [1.807, 2.05) is 5.01 Å². The second kappa shape index (κ2) is 3.70. The fourth-order valence-corrected chi connectivity index (χ4v) is 2.54. The van der Waals surface area contributed by atoms with Gasteiger partial charge in [-0.25, -0.2) is 5.01 Å². The van der Waals surface area contributed by atoms with Crippen LogP contribution in [0.2, 0.25) is 0 Å². The zero-order chi connectivity index (χ0) is 12.0. The zero-order valence-corrected chi connectivity index (χ0v) is 11.1. The monoisotopic (exact) mass is 216 g/mol. The normalized spacial score (nSPS) is 31.2. The lowest BCUT2D eigenvalue weighted by Crippen LogP contribution is -2.49. The lowest BCUT2D eigenvalue weighted by molar-refractivity contribution is -0.215. The van der Waals surface area contributed by atoms with Crippen molar-refractivity contribution in [2.24, 2.45) is 11.3 Å². The first-order chi connectivity index (χ1) is 6.55. The van der Waals surface area contributed by atoms with Crippen molar-refractivity contribution in [1.29, 1.82) is 0 Å². The van der Waals surface area contributed by atoms with Crippen molar-refractivity contribution in [1.82, 2.24) is 10.2 Å². The molecule has 1 heterocycles. The Kier molecular flexibility index (Phi) is 3.19. The fraction of sp³-hybridized carbons (Fsp3) is 1.00. The van der Waals surface area contributed by atoms with Gasteiger partial charge in [-0.1, -0.05) is 32.9 Å². The summed E-state index contributed by atoms with van der Waals surface area (Å²) in [6.07, 6.45) is 0. The molecule has 0 radical (unpaired) electrons. The van der Waals surface area contributed by atoms with Crippen LogP contribution in [-0.2, 0) is 0 Å². The van der Waals surface area contributed by atoms with E-state index in [0.717, 1.165) is 11.8 Å². The fourth-order valence-electron chi connectivity index (χ4n) is 2.54. The molecule has 0 bridgehead atoms. The molecule has 0 aliphatic carbocycles. The van der Waals surface area contributed by atoms with Gasteiger partial charge in [-0.2, -0.15) is 0 Å². The molecule has 1 aliphatic heterocycles. The highest BCUT2D eigenvalue weighted by Crippen LogP contribution is 2.39. The Bertz CT molecular complexity index is 227. The first kappa shape index (κ1) is 12.9. The molecule has 2 nitrogen and oxygen atoms in total. The minimum absolute atomic E-state index is 0.0169. The maximum absolute atomic E-state index is 14.3. The van der Waals surface area contributed by atoms with Gasteiger partial charge in [0.05, 0.1) is 6.04 Å². The summed E-state index contributed by atoms with van der Waals surface area (Å²) in [6.45, 7) is 15.4. The largest absolute Gasteiger partial charge is 0.208 e. The molecule has 0 amide bonds. The predicted octanol–water partition coefficient (Wildman–Crippen LogP) is 3.25. The first-order valence-corrected chi connectivity index (χ1v) is 5.77. The third kappa shape index (κ3) is 2.51. The van der Waals surface area contributed by atoms with Gasteiger partial charge in [0, 0.05) is 12.1 Å². The summed E-state index contributed by atoms with van der Waals surface area (Å²) >= 11 is 0. The second-order valence-electron chi connectivity index (χ2n) is 6.83. The van der Waals surface area contributed by atoms with E-state index >= 15 is 0 Å². The molecule has 2 atom stereocenters. The van der Waals surface area contributed by atoms with Crippen molar-refractivity contribution in [3.63, 3.8) is 0 Å². The van der Waals surface area contributed by atoms with Crippen LogP contribution in [0.15, 0.2) is 0 Å². The van der Waals surface area contributed by atoms with Gasteiger partial charge < -0.3 is 0 Å². The second-order valence-corrected chi connectivity index (χ2v) is 6.83. The van der Waals surface area contributed by atoms with Crippen LogP contribution in [0, 0.1) is 11.3 Å². The van der Waals surface area contributed by atoms with Crippen molar-refractivity contribution < 1.29 is 4.48 Å². The van der Waals surface area contributed by atoms with Crippen LogP contribution >= 0.6 is 0 Å². The standard InChI is InChI=1S/C12H25FN2/c1-9-8-14(12(5,6)7)15(13)10(9)11(2,3)4/h9-10H,8H2,1-7H3. The van der Waals surface area contributed by atoms with E-state index in [1.54, 1.807) is 0 Å². The number of rotatable bonds is 0. The maximum atomic E-state index is 14.3. The van der Waals surface area contributed by atoms with Gasteiger partial charge in [0.15, 0.2) is 0 Å². The van der Waals surface area contributed by atoms with Gasteiger partial charge in [-0.05, 0) is 32.1 Å². The van der Waals surface area contributed by atoms with E-state index in [4.69, 9.17) is 0 Å². The highest BCUT2D eigenvalue weighted by molar-refractivity contribution is 4.92. The number of halogens is 1. The van der Waals surface area contributed by atoms with Crippen molar-refractivity contribution in [3.8, 4) is 0 Å². The molecule has 1 fully saturated rings. The summed E-state index contributed by atoms with van der Waals surface area (Å²) in [7, 11) is 0. The summed E-state index contributed by atoms with van der Waals surface area (Å²) in [4.78, 5) is 0. The van der Waals surface area contributed by atoms with E-state index in [-0.39, 0.29) is 17.0 Å². The van der Waals surface area contributed by atoms with Crippen molar-refractivity contribution in [2.45, 2.75) is 60.0 Å². The molecule has 1 saturated heterocycles. The number of nitrogens with zero attached hydrogens (tertiary/aromatic N) is 2. The molecular formula is C12H25FN2. The van der Waals surface area contributed by atoms with Gasteiger partial charge in [-0.3, -0.25) is 0 Å². The molecule has 0 spiro atoms. The summed E-state index contributed by atoms with van der Waals surface area (Å²) in [5.41, 5.74) is -0.156. The minimum Gasteiger partial charge on any atom is -0.208 e. The summed E-state index contributed by atoms with van der Waals surface area (Å²) in [5, 5.41) is 2.80. The molecule has 1 rings (SSSR count). The molecule has 15 heavy (non-hydrogen) atoms. The van der Waals surface area contributed by atoms with E-state index < -0.39 is 0 Å². The van der Waals surface area contributed by atoms with Crippen molar-refractivity contribution in [3.05, 3.63) is 0 Å². The summed E-state index contributed by atoms with van der Waals surface area (Å²) < 4.78 is 14.3. The average Bonchev–Trinajstić information content (AvgIpc) is 2.22. The zero-order valence-electron chi connectivity index (χ0n) is 11.1. The van der Waals surface area contributed by atoms with E-state index in [9.17, 15) is 4.48 Å². The van der Waals surface area contributed by atoms with E-state index in [1.165, 1.54) is 0 Å². The molecule has 1 aliphatic rings. The molecule has 0 saturated carbocycles. The van der Waals surface area contributed by atoms with Crippen molar-refractivity contribution >= 4 is 0 Å². The van der Waals surface area contributed by atoms with Crippen LogP contribution in [0.1, 0.15) is 48.5 Å². The maximum Gasteiger partial charge on any atom is 0.0653 e. The van der Waals surface area contributed by atoms with E-state index in [2.05, 4.69) is 48.5 Å². The Morgan fingerprint density at radius 1 is 1.07 bits per heavy atom. The molecule has 0 N–H and O–H groups in total. The lowest BCUT2D eigenvalue weighted by Gasteiger charge is -2.38. The highest BCUT2D eigenvalue weighted by Gasteiger charge is 2.47. The SMILES string of the molecule is CC1CN(C(C)(C)C)N(F)C1C(C)(C)C. The summed E-state index contributed by atoms with van der Waals surface area (Å²) in [5.74, 6) is 0.370. The molecular weight excluding hydrogens is 191 g/mol. The smallest absolute Gasteiger partial charge is 0.0653 e. The average molecular weight is 216 g/mol. The number of hydrogen-bond acceptors (Lipinski definition) is 2. The van der Waals surface area contributed by atoms with Crippen LogP contribution in [0.5, 0.6) is 0 Å².